The Balaban J connectivity index is 1.70. The van der Waals surface area contributed by atoms with Gasteiger partial charge in [0.1, 0.15) is 0 Å². The fourth-order valence-corrected chi connectivity index (χ4v) is 3.53. The van der Waals surface area contributed by atoms with Crippen LogP contribution in [0, 0.1) is 0 Å². The summed E-state index contributed by atoms with van der Waals surface area (Å²) < 4.78 is 33.0. The summed E-state index contributed by atoms with van der Waals surface area (Å²) >= 11 is 3.27. The molecule has 0 aliphatic heterocycles. The number of ether oxygens (including phenoxy) is 1. The lowest BCUT2D eigenvalue weighted by Gasteiger charge is -2.08. The van der Waals surface area contributed by atoms with Crippen LogP contribution < -0.4 is 4.72 Å². The minimum Gasteiger partial charge on any atom is -0.377 e. The molecule has 1 N–H and O–H groups in total. The van der Waals surface area contributed by atoms with Crippen LogP contribution in [0.1, 0.15) is 12.0 Å². The molecule has 0 unspecified atom stereocenters. The second kappa shape index (κ2) is 8.43. The number of hydrogen-bond donors (Lipinski definition) is 1. The Morgan fingerprint density at radius 1 is 1.05 bits per heavy atom. The third kappa shape index (κ3) is 5.53. The molecule has 4 nitrogen and oxygen atoms in total. The molecule has 6 heteroatoms. The highest BCUT2D eigenvalue weighted by atomic mass is 79.9. The number of sulfonamides is 1. The number of rotatable bonds is 8. The molecule has 2 aromatic rings. The fourth-order valence-electron chi connectivity index (χ4n) is 1.86. The first kappa shape index (κ1) is 17.1. The summed E-state index contributed by atoms with van der Waals surface area (Å²) in [6.07, 6.45) is 0.625. The normalized spacial score (nSPS) is 11.5. The van der Waals surface area contributed by atoms with E-state index < -0.39 is 10.0 Å². The first-order valence-corrected chi connectivity index (χ1v) is 9.22. The maximum atomic E-state index is 12.1. The van der Waals surface area contributed by atoms with E-state index in [2.05, 4.69) is 20.7 Å². The molecule has 0 radical (unpaired) electrons. The van der Waals surface area contributed by atoms with Crippen LogP contribution in [0.2, 0.25) is 0 Å². The monoisotopic (exact) mass is 383 g/mol. The van der Waals surface area contributed by atoms with Gasteiger partial charge in [-0.15, -0.1) is 0 Å². The minimum atomic E-state index is -3.46. The average molecular weight is 384 g/mol. The summed E-state index contributed by atoms with van der Waals surface area (Å²) in [5.41, 5.74) is 1.11. The van der Waals surface area contributed by atoms with Crippen molar-refractivity contribution in [2.45, 2.75) is 17.9 Å². The highest BCUT2D eigenvalue weighted by molar-refractivity contribution is 9.10. The van der Waals surface area contributed by atoms with Crippen molar-refractivity contribution in [1.82, 2.24) is 4.72 Å². The Bertz CT molecular complexity index is 690. The van der Waals surface area contributed by atoms with Crippen molar-refractivity contribution < 1.29 is 13.2 Å². The van der Waals surface area contributed by atoms with E-state index in [0.717, 1.165) is 10.0 Å². The molecule has 0 heterocycles. The summed E-state index contributed by atoms with van der Waals surface area (Å²) in [6.45, 7) is 1.40. The maximum absolute atomic E-state index is 12.1. The zero-order valence-electron chi connectivity index (χ0n) is 12.0. The van der Waals surface area contributed by atoms with Crippen molar-refractivity contribution in [3.8, 4) is 0 Å². The number of halogens is 1. The summed E-state index contributed by atoms with van der Waals surface area (Å²) in [6, 6.07) is 16.5. The van der Waals surface area contributed by atoms with Gasteiger partial charge in [-0.25, -0.2) is 13.1 Å². The lowest BCUT2D eigenvalue weighted by atomic mass is 10.2. The smallest absolute Gasteiger partial charge is 0.240 e. The van der Waals surface area contributed by atoms with E-state index in [-0.39, 0.29) is 4.90 Å². The molecule has 0 aliphatic rings. The Morgan fingerprint density at radius 2 is 1.82 bits per heavy atom. The van der Waals surface area contributed by atoms with Gasteiger partial charge in [-0.2, -0.15) is 0 Å². The van der Waals surface area contributed by atoms with E-state index in [1.54, 1.807) is 24.3 Å². The first-order valence-electron chi connectivity index (χ1n) is 6.95. The molecule has 118 valence electrons. The quantitative estimate of drug-likeness (QED) is 0.711. The molecule has 2 aromatic carbocycles. The zero-order chi connectivity index (χ0) is 15.8. The highest BCUT2D eigenvalue weighted by Gasteiger charge is 2.12. The van der Waals surface area contributed by atoms with Crippen molar-refractivity contribution in [3.05, 3.63) is 64.6 Å². The second-order valence-corrected chi connectivity index (χ2v) is 7.43. The van der Waals surface area contributed by atoms with E-state index in [0.29, 0.717) is 26.2 Å². The predicted molar refractivity (Wildman–Crippen MR) is 90.0 cm³/mol. The third-order valence-electron chi connectivity index (χ3n) is 2.98. The average Bonchev–Trinajstić information content (AvgIpc) is 2.52. The van der Waals surface area contributed by atoms with Gasteiger partial charge in [0.25, 0.3) is 0 Å². The van der Waals surface area contributed by atoms with Gasteiger partial charge in [-0.3, -0.25) is 0 Å². The maximum Gasteiger partial charge on any atom is 0.240 e. The van der Waals surface area contributed by atoms with Gasteiger partial charge >= 0.3 is 0 Å². The molecule has 0 aromatic heterocycles. The minimum absolute atomic E-state index is 0.257. The van der Waals surface area contributed by atoms with Gasteiger partial charge in [0.15, 0.2) is 0 Å². The van der Waals surface area contributed by atoms with E-state index >= 15 is 0 Å². The van der Waals surface area contributed by atoms with Gasteiger partial charge in [-0.05, 0) is 30.2 Å². The number of benzene rings is 2. The standard InChI is InChI=1S/C16H18BrNO3S/c17-15-8-4-9-16(12-15)22(19,20)18-10-5-11-21-13-14-6-2-1-3-7-14/h1-4,6-9,12,18H,5,10-11,13H2. The van der Waals surface area contributed by atoms with Crippen LogP contribution in [-0.4, -0.2) is 21.6 Å². The molecule has 0 atom stereocenters. The van der Waals surface area contributed by atoms with Crippen molar-refractivity contribution in [2.75, 3.05) is 13.2 Å². The van der Waals surface area contributed by atoms with Crippen LogP contribution in [0.3, 0.4) is 0 Å². The number of nitrogens with one attached hydrogen (secondary N) is 1. The fraction of sp³-hybridized carbons (Fsp3) is 0.250. The largest absolute Gasteiger partial charge is 0.377 e. The Kier molecular flexibility index (Phi) is 6.57. The van der Waals surface area contributed by atoms with Gasteiger partial charge in [0.05, 0.1) is 11.5 Å². The van der Waals surface area contributed by atoms with E-state index in [1.807, 2.05) is 30.3 Å². The molecule has 22 heavy (non-hydrogen) atoms. The van der Waals surface area contributed by atoms with Gasteiger partial charge < -0.3 is 4.74 Å². The van der Waals surface area contributed by atoms with Crippen LogP contribution in [0.4, 0.5) is 0 Å². The first-order chi connectivity index (χ1) is 10.6. The topological polar surface area (TPSA) is 55.4 Å². The third-order valence-corrected chi connectivity index (χ3v) is 4.93. The molecule has 0 saturated carbocycles. The summed E-state index contributed by atoms with van der Waals surface area (Å²) in [7, 11) is -3.46. The molecule has 0 spiro atoms. The number of hydrogen-bond acceptors (Lipinski definition) is 3. The van der Waals surface area contributed by atoms with E-state index in [4.69, 9.17) is 4.74 Å². The van der Waals surface area contributed by atoms with Gasteiger partial charge in [-0.1, -0.05) is 52.3 Å². The van der Waals surface area contributed by atoms with Crippen molar-refractivity contribution in [3.63, 3.8) is 0 Å². The van der Waals surface area contributed by atoms with Gasteiger partial charge in [0, 0.05) is 17.6 Å². The Hall–Kier alpha value is -1.21. The molecule has 0 saturated heterocycles. The zero-order valence-corrected chi connectivity index (χ0v) is 14.4. The summed E-state index contributed by atoms with van der Waals surface area (Å²) in [5.74, 6) is 0. The lowest BCUT2D eigenvalue weighted by Crippen LogP contribution is -2.25. The summed E-state index contributed by atoms with van der Waals surface area (Å²) in [4.78, 5) is 0.257. The molecule has 0 aliphatic carbocycles. The van der Waals surface area contributed by atoms with Gasteiger partial charge in [0.2, 0.25) is 10.0 Å². The summed E-state index contributed by atoms with van der Waals surface area (Å²) in [5, 5.41) is 0. The van der Waals surface area contributed by atoms with Crippen molar-refractivity contribution >= 4 is 26.0 Å². The highest BCUT2D eigenvalue weighted by Crippen LogP contribution is 2.15. The van der Waals surface area contributed by atoms with Crippen LogP contribution in [0.25, 0.3) is 0 Å². The SMILES string of the molecule is O=S(=O)(NCCCOCc1ccccc1)c1cccc(Br)c1. The van der Waals surface area contributed by atoms with Crippen LogP contribution in [0.15, 0.2) is 64.0 Å². The molecular formula is C16H18BrNO3S. The molecule has 2 rings (SSSR count). The van der Waals surface area contributed by atoms with Crippen LogP contribution in [0.5, 0.6) is 0 Å². The van der Waals surface area contributed by atoms with E-state index in [9.17, 15) is 8.42 Å². The molecule has 0 amide bonds. The lowest BCUT2D eigenvalue weighted by molar-refractivity contribution is 0.119. The Labute approximate surface area is 139 Å². The van der Waals surface area contributed by atoms with E-state index in [1.165, 1.54) is 0 Å². The van der Waals surface area contributed by atoms with Crippen molar-refractivity contribution in [1.29, 1.82) is 0 Å². The molecule has 0 bridgehead atoms. The molecule has 0 fully saturated rings. The second-order valence-electron chi connectivity index (χ2n) is 4.75. The Morgan fingerprint density at radius 3 is 2.55 bits per heavy atom. The van der Waals surface area contributed by atoms with Crippen molar-refractivity contribution in [2.24, 2.45) is 0 Å². The molecular weight excluding hydrogens is 366 g/mol. The van der Waals surface area contributed by atoms with Crippen LogP contribution in [-0.2, 0) is 21.4 Å². The van der Waals surface area contributed by atoms with Crippen LogP contribution >= 0.6 is 15.9 Å². The predicted octanol–water partition coefficient (Wildman–Crippen LogP) is 3.33.